The first-order chi connectivity index (χ1) is 12.6. The van der Waals surface area contributed by atoms with Gasteiger partial charge < -0.3 is 20.1 Å². The van der Waals surface area contributed by atoms with Crippen molar-refractivity contribution in [2.75, 3.05) is 18.7 Å². The molecule has 0 spiro atoms. The average Bonchev–Trinajstić information content (AvgIpc) is 3.06. The third-order valence-electron chi connectivity index (χ3n) is 7.12. The molecule has 4 saturated carbocycles. The lowest BCUT2D eigenvalue weighted by molar-refractivity contribution is -0.686. The molecule has 6 rings (SSSR count). The number of quaternary nitrogens is 1. The van der Waals surface area contributed by atoms with Crippen LogP contribution in [-0.4, -0.2) is 25.3 Å². The zero-order valence-corrected chi connectivity index (χ0v) is 15.5. The molecule has 4 aliphatic carbocycles. The molecule has 1 heterocycles. The number of anilines is 1. The second kappa shape index (κ2) is 6.15. The van der Waals surface area contributed by atoms with E-state index >= 15 is 0 Å². The molecule has 26 heavy (non-hydrogen) atoms. The summed E-state index contributed by atoms with van der Waals surface area (Å²) in [5.74, 6) is 4.40. The van der Waals surface area contributed by atoms with E-state index in [1.54, 1.807) is 0 Å². The second-order valence-electron chi connectivity index (χ2n) is 9.20. The van der Waals surface area contributed by atoms with Crippen molar-refractivity contribution in [3.63, 3.8) is 0 Å². The number of hydrogen-bond donors (Lipinski definition) is 2. The Hall–Kier alpha value is -1.75. The molecule has 5 aliphatic rings. The lowest BCUT2D eigenvalue weighted by Crippen LogP contribution is -2.94. The van der Waals surface area contributed by atoms with Crippen LogP contribution in [0.1, 0.15) is 45.4 Å². The van der Waals surface area contributed by atoms with Gasteiger partial charge in [0.05, 0.1) is 6.54 Å². The van der Waals surface area contributed by atoms with Gasteiger partial charge in [0.15, 0.2) is 17.5 Å². The standard InChI is InChI=1S/C21H28N2O3/c1-13(20(24)23-17-2-3-18-19(7-17)26-12-25-18)22-11-21-8-14-4-15(9-21)6-16(5-14)10-21/h2-3,7,13-16,22H,4-6,8-12H2,1H3,(H,23,24)/p+1/t13-,14?,15?,16?,21?/m1/s1. The van der Waals surface area contributed by atoms with Crippen LogP contribution < -0.4 is 20.1 Å². The van der Waals surface area contributed by atoms with Crippen molar-refractivity contribution in [2.45, 2.75) is 51.5 Å². The molecule has 0 aromatic heterocycles. The van der Waals surface area contributed by atoms with Crippen LogP contribution in [0.3, 0.4) is 0 Å². The zero-order valence-electron chi connectivity index (χ0n) is 15.5. The van der Waals surface area contributed by atoms with E-state index in [0.717, 1.165) is 35.7 Å². The number of nitrogens with one attached hydrogen (secondary N) is 1. The SMILES string of the molecule is C[C@@H]([NH2+]CC12CC3CC(CC(C3)C1)C2)C(=O)Nc1ccc2c(c1)OCO2. The lowest BCUT2D eigenvalue weighted by atomic mass is 9.49. The van der Waals surface area contributed by atoms with Crippen molar-refractivity contribution < 1.29 is 19.6 Å². The van der Waals surface area contributed by atoms with Crippen LogP contribution in [-0.2, 0) is 4.79 Å². The maximum Gasteiger partial charge on any atom is 0.282 e. The summed E-state index contributed by atoms with van der Waals surface area (Å²) in [7, 11) is 0. The zero-order chi connectivity index (χ0) is 17.7. The lowest BCUT2D eigenvalue weighted by Gasteiger charge is -2.56. The number of fused-ring (bicyclic) bond motifs is 1. The maximum absolute atomic E-state index is 12.6. The van der Waals surface area contributed by atoms with Gasteiger partial charge >= 0.3 is 0 Å². The molecule has 1 amide bonds. The molecular weight excluding hydrogens is 328 g/mol. The van der Waals surface area contributed by atoms with Gasteiger partial charge in [-0.2, -0.15) is 0 Å². The molecule has 1 aromatic rings. The summed E-state index contributed by atoms with van der Waals surface area (Å²) in [6.07, 6.45) is 8.60. The number of benzene rings is 1. The van der Waals surface area contributed by atoms with Crippen molar-refractivity contribution in [1.82, 2.24) is 0 Å². The fraction of sp³-hybridized carbons (Fsp3) is 0.667. The van der Waals surface area contributed by atoms with E-state index < -0.39 is 0 Å². The van der Waals surface area contributed by atoms with Crippen LogP contribution >= 0.6 is 0 Å². The minimum absolute atomic E-state index is 0.0635. The number of amides is 1. The van der Waals surface area contributed by atoms with Crippen molar-refractivity contribution in [3.05, 3.63) is 18.2 Å². The molecule has 5 nitrogen and oxygen atoms in total. The van der Waals surface area contributed by atoms with Gasteiger partial charge in [0, 0.05) is 17.2 Å². The highest BCUT2D eigenvalue weighted by molar-refractivity contribution is 5.93. The molecule has 1 aromatic carbocycles. The van der Waals surface area contributed by atoms with E-state index in [9.17, 15) is 4.79 Å². The van der Waals surface area contributed by atoms with Gasteiger partial charge in [0.25, 0.3) is 5.91 Å². The molecule has 1 atom stereocenters. The summed E-state index contributed by atoms with van der Waals surface area (Å²) in [6.45, 7) is 3.37. The minimum atomic E-state index is -0.0755. The molecule has 5 heteroatoms. The highest BCUT2D eigenvalue weighted by Crippen LogP contribution is 2.59. The molecule has 0 radical (unpaired) electrons. The first-order valence-corrected chi connectivity index (χ1v) is 10.1. The number of carbonyl (C=O) groups is 1. The fourth-order valence-corrected chi connectivity index (χ4v) is 6.30. The summed E-state index contributed by atoms with van der Waals surface area (Å²) >= 11 is 0. The van der Waals surface area contributed by atoms with Crippen LogP contribution in [0.5, 0.6) is 11.5 Å². The number of carbonyl (C=O) groups excluding carboxylic acids is 1. The van der Waals surface area contributed by atoms with E-state index in [1.165, 1.54) is 38.5 Å². The van der Waals surface area contributed by atoms with Gasteiger partial charge in [0.1, 0.15) is 0 Å². The Balaban J connectivity index is 1.18. The summed E-state index contributed by atoms with van der Waals surface area (Å²) in [6, 6.07) is 5.48. The topological polar surface area (TPSA) is 64.2 Å². The monoisotopic (exact) mass is 357 g/mol. The van der Waals surface area contributed by atoms with Crippen LogP contribution in [0, 0.1) is 23.2 Å². The van der Waals surface area contributed by atoms with Crippen LogP contribution in [0.15, 0.2) is 18.2 Å². The van der Waals surface area contributed by atoms with Crippen molar-refractivity contribution >= 4 is 11.6 Å². The molecular formula is C21H29N2O3+. The molecule has 3 N–H and O–H groups in total. The maximum atomic E-state index is 12.6. The summed E-state index contributed by atoms with van der Waals surface area (Å²) < 4.78 is 10.7. The largest absolute Gasteiger partial charge is 0.454 e. The summed E-state index contributed by atoms with van der Waals surface area (Å²) in [5.41, 5.74) is 1.27. The Morgan fingerprint density at radius 2 is 1.81 bits per heavy atom. The summed E-state index contributed by atoms with van der Waals surface area (Å²) in [5, 5.41) is 5.30. The van der Waals surface area contributed by atoms with Gasteiger partial charge in [-0.3, -0.25) is 4.79 Å². The third kappa shape index (κ3) is 2.96. The first-order valence-electron chi connectivity index (χ1n) is 10.1. The van der Waals surface area contributed by atoms with E-state index in [2.05, 4.69) is 10.6 Å². The molecule has 140 valence electrons. The van der Waals surface area contributed by atoms with Crippen molar-refractivity contribution in [3.8, 4) is 11.5 Å². The quantitative estimate of drug-likeness (QED) is 0.851. The highest BCUT2D eigenvalue weighted by atomic mass is 16.7. The molecule has 4 bridgehead atoms. The van der Waals surface area contributed by atoms with Gasteiger partial charge in [-0.25, -0.2) is 0 Å². The number of ether oxygens (including phenoxy) is 2. The van der Waals surface area contributed by atoms with E-state index in [4.69, 9.17) is 9.47 Å². The van der Waals surface area contributed by atoms with Crippen LogP contribution in [0.25, 0.3) is 0 Å². The number of hydrogen-bond acceptors (Lipinski definition) is 3. The van der Waals surface area contributed by atoms with Gasteiger partial charge in [-0.15, -0.1) is 0 Å². The van der Waals surface area contributed by atoms with Crippen molar-refractivity contribution in [1.29, 1.82) is 0 Å². The van der Waals surface area contributed by atoms with Gasteiger partial charge in [-0.05, 0) is 75.3 Å². The first kappa shape index (κ1) is 16.4. The van der Waals surface area contributed by atoms with Gasteiger partial charge in [-0.1, -0.05) is 0 Å². The number of nitrogens with two attached hydrogens (primary N) is 1. The number of rotatable bonds is 5. The highest BCUT2D eigenvalue weighted by Gasteiger charge is 2.51. The average molecular weight is 357 g/mol. The second-order valence-corrected chi connectivity index (χ2v) is 9.20. The third-order valence-corrected chi connectivity index (χ3v) is 7.12. The van der Waals surface area contributed by atoms with Crippen LogP contribution in [0.4, 0.5) is 5.69 Å². The molecule has 0 saturated heterocycles. The fourth-order valence-electron chi connectivity index (χ4n) is 6.30. The Kier molecular flexibility index (Phi) is 3.89. The van der Waals surface area contributed by atoms with Crippen LogP contribution in [0.2, 0.25) is 0 Å². The predicted molar refractivity (Wildman–Crippen MR) is 98.1 cm³/mol. The molecule has 4 fully saturated rings. The normalized spacial score (nSPS) is 34.7. The molecule has 1 aliphatic heterocycles. The van der Waals surface area contributed by atoms with E-state index in [1.807, 2.05) is 25.1 Å². The minimum Gasteiger partial charge on any atom is -0.454 e. The Bertz CT molecular complexity index is 682. The Labute approximate surface area is 154 Å². The van der Waals surface area contributed by atoms with E-state index in [0.29, 0.717) is 11.2 Å². The van der Waals surface area contributed by atoms with Crippen molar-refractivity contribution in [2.24, 2.45) is 23.2 Å². The van der Waals surface area contributed by atoms with E-state index in [-0.39, 0.29) is 18.7 Å². The molecule has 0 unspecified atom stereocenters. The summed E-state index contributed by atoms with van der Waals surface area (Å²) in [4.78, 5) is 12.6. The smallest absolute Gasteiger partial charge is 0.282 e. The van der Waals surface area contributed by atoms with Gasteiger partial charge in [0.2, 0.25) is 6.79 Å². The predicted octanol–water partition coefficient (Wildman–Crippen LogP) is 2.52. The Morgan fingerprint density at radius 1 is 1.15 bits per heavy atom. The Morgan fingerprint density at radius 3 is 2.50 bits per heavy atom.